The average molecular weight is 280 g/mol. The molecule has 5 heteroatoms. The predicted octanol–water partition coefficient (Wildman–Crippen LogP) is 3.51. The Morgan fingerprint density at radius 2 is 2.00 bits per heavy atom. The fraction of sp³-hybridized carbons (Fsp3) is 0.357. The molecule has 102 valence electrons. The van der Waals surface area contributed by atoms with E-state index >= 15 is 0 Å². The smallest absolute Gasteiger partial charge is 0.144 e. The van der Waals surface area contributed by atoms with Gasteiger partial charge in [0.1, 0.15) is 11.4 Å². The average Bonchev–Trinajstić information content (AvgIpc) is 2.59. The first-order valence-electron chi connectivity index (χ1n) is 6.19. The summed E-state index contributed by atoms with van der Waals surface area (Å²) in [5, 5.41) is 5.07. The Kier molecular flexibility index (Phi) is 3.71. The highest BCUT2D eigenvalue weighted by Gasteiger charge is 2.15. The molecule has 4 nitrogen and oxygen atoms in total. The zero-order valence-electron chi connectivity index (χ0n) is 11.6. The number of nitrogen functional groups attached to an aromatic ring is 1. The lowest BCUT2D eigenvalue weighted by Crippen LogP contribution is -2.10. The molecule has 1 aromatic carbocycles. The van der Waals surface area contributed by atoms with Gasteiger partial charge < -0.3 is 10.5 Å². The number of aryl methyl sites for hydroxylation is 1. The summed E-state index contributed by atoms with van der Waals surface area (Å²) in [6, 6.07) is 5.65. The number of rotatable bonds is 3. The monoisotopic (exact) mass is 279 g/mol. The molecule has 0 unspecified atom stereocenters. The summed E-state index contributed by atoms with van der Waals surface area (Å²) in [5.41, 5.74) is 9.17. The summed E-state index contributed by atoms with van der Waals surface area (Å²) >= 11 is 6.17. The van der Waals surface area contributed by atoms with E-state index in [0.717, 1.165) is 17.1 Å². The van der Waals surface area contributed by atoms with E-state index in [1.807, 2.05) is 45.9 Å². The van der Waals surface area contributed by atoms with E-state index in [1.165, 1.54) is 0 Å². The van der Waals surface area contributed by atoms with E-state index in [1.54, 1.807) is 4.68 Å². The summed E-state index contributed by atoms with van der Waals surface area (Å²) in [5.74, 6) is 0.663. The van der Waals surface area contributed by atoms with Gasteiger partial charge in [0.25, 0.3) is 0 Å². The number of nitrogens with zero attached hydrogens (tertiary/aromatic N) is 2. The largest absolute Gasteiger partial charge is 0.489 e. The third-order valence-electron chi connectivity index (χ3n) is 2.84. The Bertz CT molecular complexity index is 605. The van der Waals surface area contributed by atoms with Crippen LogP contribution < -0.4 is 10.5 Å². The number of halogens is 1. The maximum atomic E-state index is 6.17. The topological polar surface area (TPSA) is 53.1 Å². The fourth-order valence-electron chi connectivity index (χ4n) is 1.93. The van der Waals surface area contributed by atoms with Crippen molar-refractivity contribution in [1.82, 2.24) is 9.78 Å². The highest BCUT2D eigenvalue weighted by Crippen LogP contribution is 2.31. The summed E-state index contributed by atoms with van der Waals surface area (Å²) in [7, 11) is 0. The molecular formula is C14H18ClN3O. The molecule has 2 aromatic rings. The Hall–Kier alpha value is -1.68. The first-order valence-corrected chi connectivity index (χ1v) is 6.56. The minimum atomic E-state index is 0.0709. The number of benzene rings is 1. The maximum absolute atomic E-state index is 6.17. The van der Waals surface area contributed by atoms with Crippen LogP contribution in [0.25, 0.3) is 5.69 Å². The Morgan fingerprint density at radius 3 is 2.53 bits per heavy atom. The van der Waals surface area contributed by atoms with E-state index in [4.69, 9.17) is 22.1 Å². The van der Waals surface area contributed by atoms with Crippen LogP contribution in [0.2, 0.25) is 5.02 Å². The van der Waals surface area contributed by atoms with E-state index in [2.05, 4.69) is 5.10 Å². The van der Waals surface area contributed by atoms with Gasteiger partial charge in [-0.05, 0) is 39.8 Å². The quantitative estimate of drug-likeness (QED) is 0.875. The molecule has 0 saturated heterocycles. The molecule has 1 heterocycles. The summed E-state index contributed by atoms with van der Waals surface area (Å²) in [6.07, 6.45) is 0.0709. The van der Waals surface area contributed by atoms with Gasteiger partial charge in [0, 0.05) is 0 Å². The van der Waals surface area contributed by atoms with Crippen molar-refractivity contribution in [3.63, 3.8) is 0 Å². The molecule has 2 N–H and O–H groups in total. The van der Waals surface area contributed by atoms with Crippen LogP contribution in [0.15, 0.2) is 18.2 Å². The number of aromatic nitrogens is 2. The fourth-order valence-corrected chi connectivity index (χ4v) is 2.05. The van der Waals surface area contributed by atoms with Crippen LogP contribution in [-0.2, 0) is 0 Å². The van der Waals surface area contributed by atoms with Crippen LogP contribution in [0, 0.1) is 13.8 Å². The van der Waals surface area contributed by atoms with Gasteiger partial charge >= 0.3 is 0 Å². The van der Waals surface area contributed by atoms with Crippen molar-refractivity contribution in [2.45, 2.75) is 33.8 Å². The highest BCUT2D eigenvalue weighted by molar-refractivity contribution is 6.31. The molecule has 0 aliphatic heterocycles. The van der Waals surface area contributed by atoms with Gasteiger partial charge in [0.2, 0.25) is 0 Å². The van der Waals surface area contributed by atoms with Gasteiger partial charge in [-0.2, -0.15) is 5.10 Å². The van der Waals surface area contributed by atoms with Gasteiger partial charge in [0.05, 0.1) is 28.2 Å². The van der Waals surface area contributed by atoms with Crippen molar-refractivity contribution in [3.05, 3.63) is 34.6 Å². The number of hydrogen-bond acceptors (Lipinski definition) is 3. The lowest BCUT2D eigenvalue weighted by molar-refractivity contribution is 0.244. The molecule has 0 bridgehead atoms. The summed E-state index contributed by atoms with van der Waals surface area (Å²) in [6.45, 7) is 7.72. The first-order chi connectivity index (χ1) is 8.91. The third kappa shape index (κ3) is 2.54. The van der Waals surface area contributed by atoms with Crippen molar-refractivity contribution in [2.24, 2.45) is 0 Å². The number of para-hydroxylation sites is 1. The maximum Gasteiger partial charge on any atom is 0.144 e. The Morgan fingerprint density at radius 1 is 1.32 bits per heavy atom. The molecule has 0 atom stereocenters. The van der Waals surface area contributed by atoms with E-state index in [-0.39, 0.29) is 6.10 Å². The number of nitrogens with two attached hydrogens (primary N) is 1. The molecule has 0 spiro atoms. The van der Waals surface area contributed by atoms with Gasteiger partial charge in [0.15, 0.2) is 0 Å². The van der Waals surface area contributed by atoms with Crippen molar-refractivity contribution in [3.8, 4) is 11.4 Å². The molecule has 0 radical (unpaired) electrons. The van der Waals surface area contributed by atoms with Crippen LogP contribution in [0.3, 0.4) is 0 Å². The molecule has 19 heavy (non-hydrogen) atoms. The summed E-state index contributed by atoms with van der Waals surface area (Å²) in [4.78, 5) is 0. The Balaban J connectivity index is 2.53. The SMILES string of the molecule is Cc1nn(-c2cccc(OC(C)C)c2N)c(C)c1Cl. The lowest BCUT2D eigenvalue weighted by Gasteiger charge is -2.15. The van der Waals surface area contributed by atoms with Crippen molar-refractivity contribution < 1.29 is 4.74 Å². The normalized spacial score (nSPS) is 11.1. The number of ether oxygens (including phenoxy) is 1. The van der Waals surface area contributed by atoms with E-state index in [9.17, 15) is 0 Å². The van der Waals surface area contributed by atoms with E-state index < -0.39 is 0 Å². The van der Waals surface area contributed by atoms with Crippen molar-refractivity contribution >= 4 is 17.3 Å². The number of hydrogen-bond donors (Lipinski definition) is 1. The third-order valence-corrected chi connectivity index (χ3v) is 3.38. The second kappa shape index (κ2) is 5.13. The predicted molar refractivity (Wildman–Crippen MR) is 78.2 cm³/mol. The molecule has 2 rings (SSSR count). The minimum absolute atomic E-state index is 0.0709. The van der Waals surface area contributed by atoms with E-state index in [0.29, 0.717) is 16.5 Å². The van der Waals surface area contributed by atoms with Crippen molar-refractivity contribution in [1.29, 1.82) is 0 Å². The van der Waals surface area contributed by atoms with Crippen LogP contribution in [0.4, 0.5) is 5.69 Å². The lowest BCUT2D eigenvalue weighted by atomic mass is 10.2. The number of anilines is 1. The minimum Gasteiger partial charge on any atom is -0.489 e. The molecule has 0 aliphatic rings. The molecule has 0 fully saturated rings. The van der Waals surface area contributed by atoms with Gasteiger partial charge in [-0.3, -0.25) is 0 Å². The standard InChI is InChI=1S/C14H18ClN3O/c1-8(2)19-12-7-5-6-11(14(12)16)18-10(4)13(15)9(3)17-18/h5-8H,16H2,1-4H3. The molecule has 0 amide bonds. The second-order valence-electron chi connectivity index (χ2n) is 4.75. The Labute approximate surface area is 118 Å². The van der Waals surface area contributed by atoms with Crippen LogP contribution >= 0.6 is 11.6 Å². The van der Waals surface area contributed by atoms with Crippen LogP contribution in [0.1, 0.15) is 25.2 Å². The molecule has 0 aliphatic carbocycles. The molecule has 0 saturated carbocycles. The van der Waals surface area contributed by atoms with Crippen LogP contribution in [0.5, 0.6) is 5.75 Å². The second-order valence-corrected chi connectivity index (χ2v) is 5.13. The van der Waals surface area contributed by atoms with Gasteiger partial charge in [-0.1, -0.05) is 17.7 Å². The highest BCUT2D eigenvalue weighted by atomic mass is 35.5. The molecular weight excluding hydrogens is 262 g/mol. The van der Waals surface area contributed by atoms with Crippen LogP contribution in [-0.4, -0.2) is 15.9 Å². The van der Waals surface area contributed by atoms with Crippen molar-refractivity contribution in [2.75, 3.05) is 5.73 Å². The zero-order valence-corrected chi connectivity index (χ0v) is 12.3. The summed E-state index contributed by atoms with van der Waals surface area (Å²) < 4.78 is 7.44. The molecule has 1 aromatic heterocycles. The first kappa shape index (κ1) is 13.7. The van der Waals surface area contributed by atoms with Gasteiger partial charge in [-0.15, -0.1) is 0 Å². The zero-order chi connectivity index (χ0) is 14.2. The van der Waals surface area contributed by atoms with Gasteiger partial charge in [-0.25, -0.2) is 4.68 Å².